The lowest BCUT2D eigenvalue weighted by atomic mass is 9.88. The van der Waals surface area contributed by atoms with Crippen molar-refractivity contribution in [1.29, 1.82) is 0 Å². The average molecular weight is 372 g/mol. The van der Waals surface area contributed by atoms with Gasteiger partial charge in [0.25, 0.3) is 0 Å². The fourth-order valence-electron chi connectivity index (χ4n) is 3.90. The molecule has 0 saturated heterocycles. The Balaban J connectivity index is 1.89. The van der Waals surface area contributed by atoms with Crippen LogP contribution < -0.4 is 15.4 Å². The van der Waals surface area contributed by atoms with E-state index in [1.807, 2.05) is 31.2 Å². The average Bonchev–Trinajstić information content (AvgIpc) is 2.61. The van der Waals surface area contributed by atoms with Gasteiger partial charge in [-0.05, 0) is 45.1 Å². The second-order valence-corrected chi connectivity index (χ2v) is 7.34. The molecular weight excluding hydrogens is 344 g/mol. The molecule has 2 N–H and O–H groups in total. The van der Waals surface area contributed by atoms with Crippen LogP contribution in [0.1, 0.15) is 58.1 Å². The van der Waals surface area contributed by atoms with Gasteiger partial charge in [-0.1, -0.05) is 31.5 Å². The second kappa shape index (κ2) is 8.46. The van der Waals surface area contributed by atoms with Gasteiger partial charge in [0, 0.05) is 11.3 Å². The molecule has 2 aliphatic rings. The summed E-state index contributed by atoms with van der Waals surface area (Å²) in [4.78, 5) is 25.1. The highest BCUT2D eigenvalue weighted by molar-refractivity contribution is 5.95. The monoisotopic (exact) mass is 372 g/mol. The van der Waals surface area contributed by atoms with Gasteiger partial charge < -0.3 is 20.1 Å². The minimum Gasteiger partial charge on any atom is -0.494 e. The van der Waals surface area contributed by atoms with E-state index >= 15 is 0 Å². The van der Waals surface area contributed by atoms with Crippen LogP contribution in [0.2, 0.25) is 0 Å². The first-order chi connectivity index (χ1) is 13.0. The van der Waals surface area contributed by atoms with Crippen molar-refractivity contribution in [2.24, 2.45) is 5.92 Å². The van der Waals surface area contributed by atoms with Crippen molar-refractivity contribution in [3.63, 3.8) is 0 Å². The number of benzene rings is 1. The van der Waals surface area contributed by atoms with Crippen molar-refractivity contribution in [3.8, 4) is 5.75 Å². The van der Waals surface area contributed by atoms with Crippen LogP contribution in [-0.2, 0) is 9.53 Å². The molecule has 146 valence electrons. The molecule has 6 heteroatoms. The molecule has 3 atom stereocenters. The molecular formula is C21H28N2O4. The summed E-state index contributed by atoms with van der Waals surface area (Å²) >= 11 is 0. The Morgan fingerprint density at radius 2 is 2.04 bits per heavy atom. The predicted molar refractivity (Wildman–Crippen MR) is 102 cm³/mol. The molecule has 3 rings (SSSR count). The Morgan fingerprint density at radius 1 is 1.26 bits per heavy atom. The Labute approximate surface area is 160 Å². The van der Waals surface area contributed by atoms with E-state index in [1.165, 1.54) is 6.42 Å². The topological polar surface area (TPSA) is 76.7 Å². The van der Waals surface area contributed by atoms with E-state index in [4.69, 9.17) is 9.47 Å². The molecule has 6 nitrogen and oxygen atoms in total. The number of hydrogen-bond donors (Lipinski definition) is 2. The second-order valence-electron chi connectivity index (χ2n) is 7.34. The molecule has 1 saturated carbocycles. The van der Waals surface area contributed by atoms with Crippen molar-refractivity contribution < 1.29 is 19.1 Å². The molecule has 0 aromatic heterocycles. The van der Waals surface area contributed by atoms with Gasteiger partial charge in [-0.2, -0.15) is 0 Å². The standard InChI is InChI=1S/C21H28N2O4/c1-4-26-17-11-6-5-10-16(17)19-18(14(3)22-21(25)23-19)20(24)27-15-9-7-8-13(2)12-15/h5-6,10-11,13,15,19H,4,7-9,12H2,1-3H3,(H2,22,23,25)/t13-,15-,19-/m1/s1. The molecule has 1 aromatic rings. The highest BCUT2D eigenvalue weighted by atomic mass is 16.5. The van der Waals surface area contributed by atoms with Crippen molar-refractivity contribution in [3.05, 3.63) is 41.1 Å². The summed E-state index contributed by atoms with van der Waals surface area (Å²) < 4.78 is 11.5. The number of nitrogens with one attached hydrogen (secondary N) is 2. The first-order valence-corrected chi connectivity index (χ1v) is 9.70. The number of carbonyl (C=O) groups excluding carboxylic acids is 2. The fraction of sp³-hybridized carbons (Fsp3) is 0.524. The number of ether oxygens (including phenoxy) is 2. The zero-order valence-electron chi connectivity index (χ0n) is 16.2. The van der Waals surface area contributed by atoms with E-state index in [0.717, 1.165) is 24.8 Å². The molecule has 1 fully saturated rings. The third kappa shape index (κ3) is 4.43. The number of allylic oxidation sites excluding steroid dienone is 1. The predicted octanol–water partition coefficient (Wildman–Crippen LogP) is 3.84. The molecule has 1 heterocycles. The lowest BCUT2D eigenvalue weighted by Crippen LogP contribution is -2.45. The zero-order valence-corrected chi connectivity index (χ0v) is 16.2. The minimum absolute atomic E-state index is 0.0676. The highest BCUT2D eigenvalue weighted by Gasteiger charge is 2.35. The third-order valence-electron chi connectivity index (χ3n) is 5.18. The Morgan fingerprint density at radius 3 is 2.78 bits per heavy atom. The van der Waals surface area contributed by atoms with Crippen molar-refractivity contribution in [2.75, 3.05) is 6.61 Å². The van der Waals surface area contributed by atoms with Crippen LogP contribution in [0.3, 0.4) is 0 Å². The van der Waals surface area contributed by atoms with Crippen LogP contribution in [0.4, 0.5) is 4.79 Å². The number of carbonyl (C=O) groups is 2. The fourth-order valence-corrected chi connectivity index (χ4v) is 3.90. The van der Waals surface area contributed by atoms with Gasteiger partial charge in [0.1, 0.15) is 11.9 Å². The first-order valence-electron chi connectivity index (χ1n) is 9.70. The molecule has 1 aliphatic carbocycles. The van der Waals surface area contributed by atoms with E-state index in [9.17, 15) is 9.59 Å². The normalized spacial score (nSPS) is 25.4. The number of rotatable bonds is 5. The summed E-state index contributed by atoms with van der Waals surface area (Å²) in [7, 11) is 0. The maximum atomic E-state index is 13.0. The summed E-state index contributed by atoms with van der Waals surface area (Å²) in [5.74, 6) is 0.831. The highest BCUT2D eigenvalue weighted by Crippen LogP contribution is 2.34. The number of urea groups is 1. The SMILES string of the molecule is CCOc1ccccc1[C@H]1NC(=O)NC(C)=C1C(=O)O[C@@H]1CCC[C@@H](C)C1. The number of hydrogen-bond acceptors (Lipinski definition) is 4. The van der Waals surface area contributed by atoms with Crippen LogP contribution in [0.5, 0.6) is 5.75 Å². The van der Waals surface area contributed by atoms with Gasteiger partial charge in [-0.3, -0.25) is 0 Å². The van der Waals surface area contributed by atoms with Gasteiger partial charge in [-0.25, -0.2) is 9.59 Å². The van der Waals surface area contributed by atoms with Gasteiger partial charge >= 0.3 is 12.0 Å². The summed E-state index contributed by atoms with van der Waals surface area (Å²) in [5.41, 5.74) is 1.70. The molecule has 0 radical (unpaired) electrons. The maximum absolute atomic E-state index is 13.0. The first kappa shape index (κ1) is 19.3. The summed E-state index contributed by atoms with van der Waals surface area (Å²) in [6, 6.07) is 6.50. The number of esters is 1. The van der Waals surface area contributed by atoms with E-state index in [-0.39, 0.29) is 18.1 Å². The molecule has 0 unspecified atom stereocenters. The lowest BCUT2D eigenvalue weighted by molar-refractivity contribution is -0.146. The van der Waals surface area contributed by atoms with Gasteiger partial charge in [-0.15, -0.1) is 0 Å². The Kier molecular flexibility index (Phi) is 6.04. The van der Waals surface area contributed by atoms with Crippen LogP contribution in [0.25, 0.3) is 0 Å². The van der Waals surface area contributed by atoms with Crippen LogP contribution in [-0.4, -0.2) is 24.7 Å². The van der Waals surface area contributed by atoms with Crippen LogP contribution in [0.15, 0.2) is 35.5 Å². The molecule has 2 amide bonds. The van der Waals surface area contributed by atoms with Crippen LogP contribution >= 0.6 is 0 Å². The van der Waals surface area contributed by atoms with E-state index in [0.29, 0.717) is 29.5 Å². The maximum Gasteiger partial charge on any atom is 0.338 e. The molecule has 1 aliphatic heterocycles. The number of para-hydroxylation sites is 1. The Hall–Kier alpha value is -2.50. The van der Waals surface area contributed by atoms with E-state index in [1.54, 1.807) is 6.92 Å². The summed E-state index contributed by atoms with van der Waals surface area (Å²) in [6.07, 6.45) is 3.96. The molecule has 1 aromatic carbocycles. The van der Waals surface area contributed by atoms with Crippen molar-refractivity contribution in [2.45, 2.75) is 58.6 Å². The Bertz CT molecular complexity index is 743. The molecule has 0 bridgehead atoms. The lowest BCUT2D eigenvalue weighted by Gasteiger charge is -2.31. The quantitative estimate of drug-likeness (QED) is 0.770. The van der Waals surface area contributed by atoms with Crippen molar-refractivity contribution >= 4 is 12.0 Å². The molecule has 0 spiro atoms. The smallest absolute Gasteiger partial charge is 0.338 e. The molecule has 27 heavy (non-hydrogen) atoms. The third-order valence-corrected chi connectivity index (χ3v) is 5.18. The van der Waals surface area contributed by atoms with Gasteiger partial charge in [0.2, 0.25) is 0 Å². The van der Waals surface area contributed by atoms with E-state index in [2.05, 4.69) is 17.6 Å². The van der Waals surface area contributed by atoms with Gasteiger partial charge in [0.15, 0.2) is 0 Å². The van der Waals surface area contributed by atoms with Crippen LogP contribution in [0, 0.1) is 5.92 Å². The largest absolute Gasteiger partial charge is 0.494 e. The zero-order chi connectivity index (χ0) is 19.4. The van der Waals surface area contributed by atoms with Crippen molar-refractivity contribution in [1.82, 2.24) is 10.6 Å². The number of amides is 2. The summed E-state index contributed by atoms with van der Waals surface area (Å²) in [5, 5.41) is 5.55. The van der Waals surface area contributed by atoms with E-state index < -0.39 is 6.04 Å². The minimum atomic E-state index is -0.602. The van der Waals surface area contributed by atoms with Gasteiger partial charge in [0.05, 0.1) is 18.2 Å². The summed E-state index contributed by atoms with van der Waals surface area (Å²) in [6.45, 7) is 6.32.